The van der Waals surface area contributed by atoms with E-state index in [1.165, 1.54) is 0 Å². The fourth-order valence-electron chi connectivity index (χ4n) is 2.80. The molecule has 0 bridgehead atoms. The summed E-state index contributed by atoms with van der Waals surface area (Å²) in [7, 11) is 1.66. The molecule has 3 rings (SSSR count). The topological polar surface area (TPSA) is 54.7 Å². The number of piperazine rings is 1. The minimum absolute atomic E-state index is 0.0601. The summed E-state index contributed by atoms with van der Waals surface area (Å²) in [6.45, 7) is 3.85. The summed E-state index contributed by atoms with van der Waals surface area (Å²) in [5.41, 5.74) is 1.07. The van der Waals surface area contributed by atoms with Gasteiger partial charge in [0.1, 0.15) is 11.5 Å². The molecule has 1 aliphatic rings. The largest absolute Gasteiger partial charge is 0.496 e. The number of benzene rings is 1. The molecule has 2 heterocycles. The van der Waals surface area contributed by atoms with Crippen LogP contribution in [0.1, 0.15) is 27.9 Å². The van der Waals surface area contributed by atoms with Gasteiger partial charge in [-0.3, -0.25) is 4.79 Å². The number of amides is 1. The molecule has 1 atom stereocenters. The van der Waals surface area contributed by atoms with Crippen molar-refractivity contribution in [3.05, 3.63) is 53.5 Å². The summed E-state index contributed by atoms with van der Waals surface area (Å²) in [6, 6.07) is 11.5. The molecule has 0 radical (unpaired) electrons. The molecular formula is C17H20N2O3. The van der Waals surface area contributed by atoms with Crippen molar-refractivity contribution in [3.63, 3.8) is 0 Å². The van der Waals surface area contributed by atoms with Gasteiger partial charge < -0.3 is 19.4 Å². The Hall–Kier alpha value is -2.27. The molecule has 1 aromatic carbocycles. The number of ether oxygens (including phenoxy) is 1. The molecule has 1 unspecified atom stereocenters. The summed E-state index contributed by atoms with van der Waals surface area (Å²) in [5, 5.41) is 3.45. The monoisotopic (exact) mass is 300 g/mol. The molecule has 1 aliphatic heterocycles. The van der Waals surface area contributed by atoms with Crippen LogP contribution < -0.4 is 10.1 Å². The van der Waals surface area contributed by atoms with Crippen molar-refractivity contribution in [1.82, 2.24) is 10.2 Å². The van der Waals surface area contributed by atoms with Crippen LogP contribution in [0.4, 0.5) is 0 Å². The first-order valence-electron chi connectivity index (χ1n) is 7.41. The van der Waals surface area contributed by atoms with Gasteiger partial charge in [0.05, 0.1) is 13.2 Å². The van der Waals surface area contributed by atoms with E-state index in [2.05, 4.69) is 5.32 Å². The van der Waals surface area contributed by atoms with Crippen LogP contribution in [-0.4, -0.2) is 37.6 Å². The van der Waals surface area contributed by atoms with Gasteiger partial charge in [0.2, 0.25) is 0 Å². The van der Waals surface area contributed by atoms with Crippen LogP contribution in [0.15, 0.2) is 40.8 Å². The lowest BCUT2D eigenvalue weighted by atomic mass is 10.0. The molecule has 2 aromatic rings. The second kappa shape index (κ2) is 6.23. The molecule has 1 aromatic heterocycles. The van der Waals surface area contributed by atoms with E-state index in [9.17, 15) is 4.79 Å². The molecule has 1 saturated heterocycles. The Morgan fingerprint density at radius 2 is 2.14 bits per heavy atom. The molecule has 116 valence electrons. The Labute approximate surface area is 129 Å². The maximum Gasteiger partial charge on any atom is 0.289 e. The van der Waals surface area contributed by atoms with E-state index in [1.807, 2.05) is 42.2 Å². The lowest BCUT2D eigenvalue weighted by Gasteiger charge is -2.34. The zero-order chi connectivity index (χ0) is 15.5. The van der Waals surface area contributed by atoms with Gasteiger partial charge in [0, 0.05) is 25.2 Å². The number of nitrogens with zero attached hydrogens (tertiary/aromatic N) is 1. The molecule has 1 fully saturated rings. The number of para-hydroxylation sites is 1. The highest BCUT2D eigenvalue weighted by Crippen LogP contribution is 2.27. The third-order valence-electron chi connectivity index (χ3n) is 3.93. The number of nitrogens with one attached hydrogen (secondary N) is 1. The Morgan fingerprint density at radius 3 is 2.86 bits per heavy atom. The third kappa shape index (κ3) is 2.85. The standard InChI is InChI=1S/C17H20N2O3/c1-12-7-8-16(22-12)17(20)19-10-9-18-14(11-19)13-5-3-4-6-15(13)21-2/h3-8,14,18H,9-11H2,1-2H3. The van der Waals surface area contributed by atoms with E-state index in [0.29, 0.717) is 18.8 Å². The number of carbonyl (C=O) groups excluding carboxylic acids is 1. The molecular weight excluding hydrogens is 280 g/mol. The Morgan fingerprint density at radius 1 is 1.32 bits per heavy atom. The number of rotatable bonds is 3. The van der Waals surface area contributed by atoms with E-state index < -0.39 is 0 Å². The maximum atomic E-state index is 12.5. The van der Waals surface area contributed by atoms with Gasteiger partial charge in [-0.1, -0.05) is 18.2 Å². The van der Waals surface area contributed by atoms with Crippen molar-refractivity contribution < 1.29 is 13.9 Å². The molecule has 0 spiro atoms. The average Bonchev–Trinajstić information content (AvgIpc) is 3.00. The van der Waals surface area contributed by atoms with Crippen molar-refractivity contribution in [2.75, 3.05) is 26.7 Å². The normalized spacial score (nSPS) is 18.3. The van der Waals surface area contributed by atoms with Crippen LogP contribution in [0.25, 0.3) is 0 Å². The third-order valence-corrected chi connectivity index (χ3v) is 3.93. The summed E-state index contributed by atoms with van der Waals surface area (Å²) in [6.07, 6.45) is 0. The van der Waals surface area contributed by atoms with Crippen LogP contribution in [-0.2, 0) is 0 Å². The number of carbonyl (C=O) groups is 1. The van der Waals surface area contributed by atoms with Crippen molar-refractivity contribution >= 4 is 5.91 Å². The number of hydrogen-bond donors (Lipinski definition) is 1. The van der Waals surface area contributed by atoms with Gasteiger partial charge in [-0.25, -0.2) is 0 Å². The van der Waals surface area contributed by atoms with Gasteiger partial charge in [0.25, 0.3) is 5.91 Å². The van der Waals surface area contributed by atoms with E-state index in [4.69, 9.17) is 9.15 Å². The van der Waals surface area contributed by atoms with Gasteiger partial charge >= 0.3 is 0 Å². The number of furan rings is 1. The Balaban J connectivity index is 1.78. The first-order valence-corrected chi connectivity index (χ1v) is 7.41. The van der Waals surface area contributed by atoms with Crippen LogP contribution in [0.5, 0.6) is 5.75 Å². The lowest BCUT2D eigenvalue weighted by Crippen LogP contribution is -2.48. The molecule has 5 nitrogen and oxygen atoms in total. The highest BCUT2D eigenvalue weighted by molar-refractivity contribution is 5.91. The molecule has 22 heavy (non-hydrogen) atoms. The highest BCUT2D eigenvalue weighted by Gasteiger charge is 2.27. The zero-order valence-corrected chi connectivity index (χ0v) is 12.8. The number of methoxy groups -OCH3 is 1. The summed E-state index contributed by atoms with van der Waals surface area (Å²) < 4.78 is 10.9. The first kappa shape index (κ1) is 14.7. The molecule has 1 N–H and O–H groups in total. The van der Waals surface area contributed by atoms with E-state index in [0.717, 1.165) is 23.6 Å². The summed E-state index contributed by atoms with van der Waals surface area (Å²) in [4.78, 5) is 14.3. The minimum Gasteiger partial charge on any atom is -0.496 e. The lowest BCUT2D eigenvalue weighted by molar-refractivity contribution is 0.0668. The van der Waals surface area contributed by atoms with Gasteiger partial charge in [-0.15, -0.1) is 0 Å². The number of hydrogen-bond acceptors (Lipinski definition) is 4. The van der Waals surface area contributed by atoms with Crippen molar-refractivity contribution in [1.29, 1.82) is 0 Å². The number of aryl methyl sites for hydroxylation is 1. The van der Waals surface area contributed by atoms with Crippen molar-refractivity contribution in [3.8, 4) is 5.75 Å². The predicted molar refractivity (Wildman–Crippen MR) is 83.1 cm³/mol. The maximum absolute atomic E-state index is 12.5. The van der Waals surface area contributed by atoms with Crippen LogP contribution in [0, 0.1) is 6.92 Å². The highest BCUT2D eigenvalue weighted by atomic mass is 16.5. The van der Waals surface area contributed by atoms with Crippen LogP contribution >= 0.6 is 0 Å². The fraction of sp³-hybridized carbons (Fsp3) is 0.353. The van der Waals surface area contributed by atoms with Gasteiger partial charge in [0.15, 0.2) is 5.76 Å². The van der Waals surface area contributed by atoms with Crippen molar-refractivity contribution in [2.24, 2.45) is 0 Å². The van der Waals surface area contributed by atoms with Gasteiger partial charge in [-0.05, 0) is 25.1 Å². The Bertz CT molecular complexity index is 665. The zero-order valence-electron chi connectivity index (χ0n) is 12.8. The van der Waals surface area contributed by atoms with E-state index in [-0.39, 0.29) is 11.9 Å². The van der Waals surface area contributed by atoms with Crippen LogP contribution in [0.2, 0.25) is 0 Å². The quantitative estimate of drug-likeness (QED) is 0.945. The molecule has 5 heteroatoms. The second-order valence-electron chi connectivity index (χ2n) is 5.41. The van der Waals surface area contributed by atoms with E-state index >= 15 is 0 Å². The minimum atomic E-state index is -0.0607. The summed E-state index contributed by atoms with van der Waals surface area (Å²) >= 11 is 0. The predicted octanol–water partition coefficient (Wildman–Crippen LogP) is 2.38. The van der Waals surface area contributed by atoms with Crippen molar-refractivity contribution in [2.45, 2.75) is 13.0 Å². The average molecular weight is 300 g/mol. The fourth-order valence-corrected chi connectivity index (χ4v) is 2.80. The smallest absolute Gasteiger partial charge is 0.289 e. The molecule has 0 saturated carbocycles. The summed E-state index contributed by atoms with van der Waals surface area (Å²) in [5.74, 6) is 1.93. The molecule has 1 amide bonds. The SMILES string of the molecule is COc1ccccc1C1CN(C(=O)c2ccc(C)o2)CCN1. The Kier molecular flexibility index (Phi) is 4.15. The van der Waals surface area contributed by atoms with Gasteiger partial charge in [-0.2, -0.15) is 0 Å². The first-order chi connectivity index (χ1) is 10.7. The van der Waals surface area contributed by atoms with Crippen LogP contribution in [0.3, 0.4) is 0 Å². The molecule has 0 aliphatic carbocycles. The second-order valence-corrected chi connectivity index (χ2v) is 5.41. The van der Waals surface area contributed by atoms with E-state index in [1.54, 1.807) is 13.2 Å².